The molecule has 0 saturated heterocycles. The lowest BCUT2D eigenvalue weighted by Crippen LogP contribution is -2.41. The van der Waals surface area contributed by atoms with Crippen LogP contribution >= 0.6 is 11.8 Å². The number of aliphatic hydroxyl groups is 1. The summed E-state index contributed by atoms with van der Waals surface area (Å²) in [5.41, 5.74) is -0.286. The number of nitrogens with zero attached hydrogens (tertiary/aromatic N) is 1. The fourth-order valence-corrected chi connectivity index (χ4v) is 3.87. The molecule has 92 valence electrons. The van der Waals surface area contributed by atoms with Crippen LogP contribution in [-0.4, -0.2) is 34.3 Å². The van der Waals surface area contributed by atoms with Gasteiger partial charge in [-0.15, -0.1) is 0 Å². The third-order valence-electron chi connectivity index (χ3n) is 3.16. The molecular formula is C12H22N2OS. The monoisotopic (exact) mass is 242 g/mol. The first-order valence-electron chi connectivity index (χ1n) is 6.08. The maximum atomic E-state index is 9.24. The van der Waals surface area contributed by atoms with E-state index in [0.29, 0.717) is 10.5 Å². The topological polar surface area (TPSA) is 56.0 Å². The summed E-state index contributed by atoms with van der Waals surface area (Å²) in [6.45, 7) is 5.32. The first kappa shape index (κ1) is 13.8. The van der Waals surface area contributed by atoms with E-state index in [-0.39, 0.29) is 12.1 Å². The molecule has 4 heteroatoms. The Labute approximate surface area is 103 Å². The van der Waals surface area contributed by atoms with Crippen LogP contribution in [0.5, 0.6) is 0 Å². The zero-order valence-corrected chi connectivity index (χ0v) is 11.0. The van der Waals surface area contributed by atoms with Gasteiger partial charge in [0.15, 0.2) is 0 Å². The second kappa shape index (κ2) is 6.48. The van der Waals surface area contributed by atoms with Crippen LogP contribution in [0.15, 0.2) is 0 Å². The quantitative estimate of drug-likeness (QED) is 0.747. The van der Waals surface area contributed by atoms with Crippen molar-refractivity contribution >= 4 is 11.8 Å². The van der Waals surface area contributed by atoms with Crippen molar-refractivity contribution in [2.45, 2.75) is 55.6 Å². The zero-order chi connectivity index (χ0) is 12.0. The number of hydrogen-bond acceptors (Lipinski definition) is 4. The van der Waals surface area contributed by atoms with Crippen molar-refractivity contribution in [3.05, 3.63) is 0 Å². The van der Waals surface area contributed by atoms with Crippen LogP contribution in [0.3, 0.4) is 0 Å². The third kappa shape index (κ3) is 3.65. The van der Waals surface area contributed by atoms with Crippen molar-refractivity contribution in [3.63, 3.8) is 0 Å². The van der Waals surface area contributed by atoms with Gasteiger partial charge >= 0.3 is 0 Å². The van der Waals surface area contributed by atoms with E-state index >= 15 is 0 Å². The number of aliphatic hydroxyl groups excluding tert-OH is 1. The van der Waals surface area contributed by atoms with Gasteiger partial charge in [-0.25, -0.2) is 0 Å². The van der Waals surface area contributed by atoms with Gasteiger partial charge in [-0.05, 0) is 32.2 Å². The Bertz CT molecular complexity index is 254. The summed E-state index contributed by atoms with van der Waals surface area (Å²) < 4.78 is 0. The molecule has 1 aliphatic rings. The third-order valence-corrected chi connectivity index (χ3v) is 4.65. The first-order valence-corrected chi connectivity index (χ1v) is 7.02. The minimum atomic E-state index is -0.286. The van der Waals surface area contributed by atoms with E-state index in [1.54, 1.807) is 0 Å². The Morgan fingerprint density at radius 1 is 1.69 bits per heavy atom. The number of nitriles is 1. The molecule has 0 amide bonds. The van der Waals surface area contributed by atoms with Crippen LogP contribution in [0.2, 0.25) is 0 Å². The van der Waals surface area contributed by atoms with Gasteiger partial charge < -0.3 is 5.11 Å². The number of thioether (sulfide) groups is 1. The SMILES string of the molecule is CCNC1(C#N)CCC(SC(C)CCO)C1. The minimum Gasteiger partial charge on any atom is -0.396 e. The first-order chi connectivity index (χ1) is 7.65. The van der Waals surface area contributed by atoms with Gasteiger partial charge in [0.05, 0.1) is 6.07 Å². The summed E-state index contributed by atoms with van der Waals surface area (Å²) in [6.07, 6.45) is 3.86. The lowest BCUT2D eigenvalue weighted by atomic mass is 10.0. The Morgan fingerprint density at radius 3 is 3.00 bits per heavy atom. The second-order valence-electron chi connectivity index (χ2n) is 4.55. The molecule has 1 fully saturated rings. The number of rotatable bonds is 6. The molecule has 1 aliphatic carbocycles. The largest absolute Gasteiger partial charge is 0.396 e. The van der Waals surface area contributed by atoms with Crippen molar-refractivity contribution in [2.24, 2.45) is 0 Å². The molecule has 3 nitrogen and oxygen atoms in total. The zero-order valence-electron chi connectivity index (χ0n) is 10.2. The van der Waals surface area contributed by atoms with E-state index in [1.165, 1.54) is 0 Å². The highest BCUT2D eigenvalue weighted by Gasteiger charge is 2.39. The molecule has 3 atom stereocenters. The molecule has 0 spiro atoms. The second-order valence-corrected chi connectivity index (χ2v) is 6.29. The molecule has 3 unspecified atom stereocenters. The van der Waals surface area contributed by atoms with Crippen LogP contribution in [0, 0.1) is 11.3 Å². The molecule has 1 saturated carbocycles. The molecule has 1 rings (SSSR count). The number of hydrogen-bond donors (Lipinski definition) is 2. The fraction of sp³-hybridized carbons (Fsp3) is 0.917. The summed E-state index contributed by atoms with van der Waals surface area (Å²) >= 11 is 1.92. The van der Waals surface area contributed by atoms with Gasteiger partial charge in [0.25, 0.3) is 0 Å². The van der Waals surface area contributed by atoms with Crippen molar-refractivity contribution in [1.82, 2.24) is 5.32 Å². The van der Waals surface area contributed by atoms with E-state index in [4.69, 9.17) is 5.11 Å². The summed E-state index contributed by atoms with van der Waals surface area (Å²) in [5, 5.41) is 22.5. The van der Waals surface area contributed by atoms with Crippen LogP contribution in [-0.2, 0) is 0 Å². The summed E-state index contributed by atoms with van der Waals surface area (Å²) in [6, 6.07) is 2.44. The van der Waals surface area contributed by atoms with E-state index in [1.807, 2.05) is 18.7 Å². The van der Waals surface area contributed by atoms with Gasteiger partial charge in [-0.3, -0.25) is 5.32 Å². The fourth-order valence-electron chi connectivity index (χ4n) is 2.33. The predicted octanol–water partition coefficient (Wildman–Crippen LogP) is 1.91. The van der Waals surface area contributed by atoms with E-state index in [2.05, 4.69) is 18.3 Å². The molecule has 2 N–H and O–H groups in total. The molecular weight excluding hydrogens is 220 g/mol. The van der Waals surface area contributed by atoms with E-state index in [0.717, 1.165) is 32.2 Å². The molecule has 0 aliphatic heterocycles. The summed E-state index contributed by atoms with van der Waals surface area (Å²) in [5.74, 6) is 0. The maximum Gasteiger partial charge on any atom is 0.107 e. The molecule has 0 aromatic rings. The highest BCUT2D eigenvalue weighted by Crippen LogP contribution is 2.38. The number of nitrogens with one attached hydrogen (secondary N) is 1. The molecule has 0 heterocycles. The smallest absolute Gasteiger partial charge is 0.107 e. The Balaban J connectivity index is 2.42. The average molecular weight is 242 g/mol. The van der Waals surface area contributed by atoms with Gasteiger partial charge in [-0.1, -0.05) is 13.8 Å². The predicted molar refractivity (Wildman–Crippen MR) is 68.4 cm³/mol. The highest BCUT2D eigenvalue weighted by atomic mass is 32.2. The van der Waals surface area contributed by atoms with E-state index in [9.17, 15) is 5.26 Å². The minimum absolute atomic E-state index is 0.261. The average Bonchev–Trinajstić information content (AvgIpc) is 2.63. The lowest BCUT2D eigenvalue weighted by Gasteiger charge is -2.22. The normalized spacial score (nSPS) is 31.2. The summed E-state index contributed by atoms with van der Waals surface area (Å²) in [7, 11) is 0. The maximum absolute atomic E-state index is 9.24. The van der Waals surface area contributed by atoms with Crippen molar-refractivity contribution in [3.8, 4) is 6.07 Å². The van der Waals surface area contributed by atoms with E-state index < -0.39 is 0 Å². The van der Waals surface area contributed by atoms with Crippen LogP contribution in [0.1, 0.15) is 39.5 Å². The molecule has 0 aromatic heterocycles. The molecule has 16 heavy (non-hydrogen) atoms. The Kier molecular flexibility index (Phi) is 5.60. The Morgan fingerprint density at radius 2 is 2.44 bits per heavy atom. The molecule has 0 aromatic carbocycles. The van der Waals surface area contributed by atoms with Crippen LogP contribution in [0.25, 0.3) is 0 Å². The molecule has 0 radical (unpaired) electrons. The highest BCUT2D eigenvalue weighted by molar-refractivity contribution is 8.00. The standard InChI is InChI=1S/C12H22N2OS/c1-3-14-12(9-13)6-4-11(8-12)16-10(2)5-7-15/h10-11,14-15H,3-8H2,1-2H3. The van der Waals surface area contributed by atoms with Crippen LogP contribution in [0.4, 0.5) is 0 Å². The van der Waals surface area contributed by atoms with Crippen molar-refractivity contribution < 1.29 is 5.11 Å². The summed E-state index contributed by atoms with van der Waals surface area (Å²) in [4.78, 5) is 0. The van der Waals surface area contributed by atoms with Gasteiger partial charge in [0.2, 0.25) is 0 Å². The van der Waals surface area contributed by atoms with Gasteiger partial charge in [0, 0.05) is 17.1 Å². The Hall–Kier alpha value is -0.240. The van der Waals surface area contributed by atoms with Crippen molar-refractivity contribution in [1.29, 1.82) is 5.26 Å². The van der Waals surface area contributed by atoms with Crippen molar-refractivity contribution in [2.75, 3.05) is 13.2 Å². The van der Waals surface area contributed by atoms with Crippen LogP contribution < -0.4 is 5.32 Å². The molecule has 0 bridgehead atoms. The van der Waals surface area contributed by atoms with Gasteiger partial charge in [-0.2, -0.15) is 17.0 Å². The van der Waals surface area contributed by atoms with Gasteiger partial charge in [0.1, 0.15) is 5.54 Å². The lowest BCUT2D eigenvalue weighted by molar-refractivity contribution is 0.289.